The van der Waals surface area contributed by atoms with Crippen molar-refractivity contribution in [1.82, 2.24) is 5.32 Å². The highest BCUT2D eigenvalue weighted by Gasteiger charge is 2.32. The van der Waals surface area contributed by atoms with Crippen LogP contribution in [0.15, 0.2) is 0 Å². The summed E-state index contributed by atoms with van der Waals surface area (Å²) in [5.74, 6) is -0.329. The Morgan fingerprint density at radius 3 is 2.31 bits per heavy atom. The van der Waals surface area contributed by atoms with Crippen LogP contribution in [0.25, 0.3) is 0 Å². The van der Waals surface area contributed by atoms with Gasteiger partial charge in [0, 0.05) is 13.2 Å². The third kappa shape index (κ3) is 14.1. The average molecular weight is 390 g/mol. The van der Waals surface area contributed by atoms with Gasteiger partial charge in [-0.3, -0.25) is 4.79 Å². The third-order valence-corrected chi connectivity index (χ3v) is 5.25. The first kappa shape index (κ1) is 24.9. The van der Waals surface area contributed by atoms with Gasteiger partial charge in [-0.1, -0.05) is 41.5 Å². The molecule has 0 aliphatic carbocycles. The number of hydrogen-bond acceptors (Lipinski definition) is 5. The lowest BCUT2D eigenvalue weighted by Gasteiger charge is -2.35. The molecular weight excluding hydrogens is 350 g/mol. The van der Waals surface area contributed by atoms with Gasteiger partial charge in [-0.2, -0.15) is 0 Å². The molecule has 6 nitrogen and oxygen atoms in total. The van der Waals surface area contributed by atoms with Crippen LogP contribution in [0.3, 0.4) is 0 Å². The van der Waals surface area contributed by atoms with Gasteiger partial charge in [0.05, 0.1) is 6.42 Å². The number of amides is 1. The van der Waals surface area contributed by atoms with Crippen molar-refractivity contribution in [3.8, 4) is 0 Å². The summed E-state index contributed by atoms with van der Waals surface area (Å²) < 4.78 is 16.0. The van der Waals surface area contributed by atoms with Crippen molar-refractivity contribution >= 4 is 21.8 Å². The fourth-order valence-corrected chi connectivity index (χ4v) is 3.19. The number of carbonyl (C=O) groups is 2. The summed E-state index contributed by atoms with van der Waals surface area (Å²) in [4.78, 5) is 23.7. The molecule has 1 N–H and O–H groups in total. The van der Waals surface area contributed by atoms with Gasteiger partial charge in [-0.05, 0) is 36.6 Å². The molecule has 1 unspecified atom stereocenters. The molecule has 0 saturated carbocycles. The number of esters is 1. The number of rotatable bonds is 11. The van der Waals surface area contributed by atoms with Crippen molar-refractivity contribution in [1.29, 1.82) is 0 Å². The van der Waals surface area contributed by atoms with Crippen molar-refractivity contribution < 1.29 is 23.5 Å². The molecule has 154 valence electrons. The number of nitrogens with one attached hydrogen (secondary N) is 1. The summed E-state index contributed by atoms with van der Waals surface area (Å²) in [6.07, 6.45) is 1.09. The van der Waals surface area contributed by atoms with Crippen molar-refractivity contribution in [2.45, 2.75) is 79.9 Å². The quantitative estimate of drug-likeness (QED) is 0.333. The summed E-state index contributed by atoms with van der Waals surface area (Å²) in [7, 11) is -0.449. The molecule has 0 aromatic carbocycles. The summed E-state index contributed by atoms with van der Waals surface area (Å²) >= 11 is 0. The van der Waals surface area contributed by atoms with Crippen LogP contribution >= 0.6 is 0 Å². The zero-order valence-corrected chi connectivity index (χ0v) is 19.2. The molecule has 0 fully saturated rings. The van der Waals surface area contributed by atoms with E-state index in [-0.39, 0.29) is 35.9 Å². The van der Waals surface area contributed by atoms with Gasteiger partial charge >= 0.3 is 12.1 Å². The summed E-state index contributed by atoms with van der Waals surface area (Å²) in [5, 5.41) is 2.68. The smallest absolute Gasteiger partial charge is 0.407 e. The van der Waals surface area contributed by atoms with E-state index >= 15 is 0 Å². The highest BCUT2D eigenvalue weighted by Crippen LogP contribution is 2.33. The van der Waals surface area contributed by atoms with Gasteiger partial charge in [0.2, 0.25) is 0 Å². The van der Waals surface area contributed by atoms with Gasteiger partial charge < -0.3 is 19.2 Å². The number of carbonyl (C=O) groups excluding carboxylic acids is 2. The first-order chi connectivity index (χ1) is 12.0. The van der Waals surface area contributed by atoms with E-state index in [2.05, 4.69) is 46.9 Å². The van der Waals surface area contributed by atoms with E-state index in [0.717, 1.165) is 25.5 Å². The minimum atomic E-state index is -0.488. The normalized spacial score (nSPS) is 13.7. The molecule has 0 aliphatic rings. The zero-order chi connectivity index (χ0) is 20.2. The maximum atomic E-state index is 12.1. The van der Waals surface area contributed by atoms with Crippen molar-refractivity contribution in [3.05, 3.63) is 0 Å². The van der Waals surface area contributed by atoms with E-state index in [0.29, 0.717) is 6.54 Å². The Morgan fingerprint density at radius 1 is 1.12 bits per heavy atom. The number of hydrogen-bond donors (Lipinski definition) is 1. The van der Waals surface area contributed by atoms with Crippen LogP contribution in [0.4, 0.5) is 4.79 Å². The molecule has 0 heterocycles. The maximum Gasteiger partial charge on any atom is 0.407 e. The molecule has 0 radical (unpaired) electrons. The van der Waals surface area contributed by atoms with Crippen LogP contribution in [0.1, 0.15) is 67.7 Å². The topological polar surface area (TPSA) is 73.9 Å². The van der Waals surface area contributed by atoms with Crippen LogP contribution in [0.2, 0.25) is 6.04 Å². The lowest BCUT2D eigenvalue weighted by molar-refractivity contribution is -0.157. The van der Waals surface area contributed by atoms with Gasteiger partial charge in [0.25, 0.3) is 0 Å². The summed E-state index contributed by atoms with van der Waals surface area (Å²) in [6, 6.07) is 1.03. The monoisotopic (exact) mass is 389 g/mol. The Kier molecular flexibility index (Phi) is 11.8. The second-order valence-electron chi connectivity index (χ2n) is 8.83. The van der Waals surface area contributed by atoms with Crippen LogP contribution in [-0.4, -0.2) is 47.7 Å². The summed E-state index contributed by atoms with van der Waals surface area (Å²) in [6.45, 7) is 15.9. The van der Waals surface area contributed by atoms with Crippen molar-refractivity contribution in [2.75, 3.05) is 19.8 Å². The molecule has 0 saturated heterocycles. The van der Waals surface area contributed by atoms with Crippen LogP contribution in [0.5, 0.6) is 0 Å². The van der Waals surface area contributed by atoms with E-state index in [9.17, 15) is 9.59 Å². The maximum absolute atomic E-state index is 12.1. The number of alkyl carbamates (subject to hydrolysis) is 1. The van der Waals surface area contributed by atoms with E-state index in [1.165, 1.54) is 0 Å². The lowest BCUT2D eigenvalue weighted by atomic mass is 9.78. The molecular formula is C19H39NO5Si. The Morgan fingerprint density at radius 2 is 1.77 bits per heavy atom. The minimum absolute atomic E-state index is 0.0325. The molecule has 0 spiro atoms. The molecule has 0 aromatic rings. The lowest BCUT2D eigenvalue weighted by Crippen LogP contribution is -2.35. The van der Waals surface area contributed by atoms with Crippen molar-refractivity contribution in [3.63, 3.8) is 0 Å². The van der Waals surface area contributed by atoms with Gasteiger partial charge in [0.1, 0.15) is 12.7 Å². The molecule has 0 bridgehead atoms. The zero-order valence-electron chi connectivity index (χ0n) is 17.8. The molecule has 0 aromatic heterocycles. The fraction of sp³-hybridized carbons (Fsp3) is 0.895. The standard InChI is InChI=1S/C19H39NO5Si/c1-8-24-26-13-9-11-20-17(22)23-12-10-16(21)25-15(19(5,6)7)14-18(2,3)4/h15H,8-14,26H2,1-7H3,(H,20,22). The molecule has 7 heteroatoms. The fourth-order valence-electron chi connectivity index (χ4n) is 2.24. The van der Waals surface area contributed by atoms with Crippen LogP contribution in [-0.2, 0) is 18.7 Å². The minimum Gasteiger partial charge on any atom is -0.462 e. The third-order valence-electron chi connectivity index (χ3n) is 3.77. The first-order valence-electron chi connectivity index (χ1n) is 9.63. The van der Waals surface area contributed by atoms with Crippen molar-refractivity contribution in [2.24, 2.45) is 10.8 Å². The second-order valence-corrected chi connectivity index (χ2v) is 10.3. The van der Waals surface area contributed by atoms with Gasteiger partial charge in [-0.15, -0.1) is 0 Å². The Labute approximate surface area is 161 Å². The first-order valence-corrected chi connectivity index (χ1v) is 11.2. The van der Waals surface area contributed by atoms with Crippen LogP contribution < -0.4 is 5.32 Å². The molecule has 0 rings (SSSR count). The van der Waals surface area contributed by atoms with Gasteiger partial charge in [-0.25, -0.2) is 4.79 Å². The Bertz CT molecular complexity index is 415. The average Bonchev–Trinajstić information content (AvgIpc) is 2.48. The molecule has 1 amide bonds. The molecule has 26 heavy (non-hydrogen) atoms. The van der Waals surface area contributed by atoms with E-state index in [4.69, 9.17) is 13.9 Å². The van der Waals surface area contributed by atoms with Gasteiger partial charge in [0.15, 0.2) is 9.76 Å². The summed E-state index contributed by atoms with van der Waals surface area (Å²) in [5.41, 5.74) is -0.0639. The second kappa shape index (κ2) is 12.3. The number of ether oxygens (including phenoxy) is 2. The van der Waals surface area contributed by atoms with E-state index in [1.54, 1.807) is 0 Å². The Balaban J connectivity index is 4.03. The predicted molar refractivity (Wildman–Crippen MR) is 107 cm³/mol. The van der Waals surface area contributed by atoms with Crippen LogP contribution in [0, 0.1) is 10.8 Å². The largest absolute Gasteiger partial charge is 0.462 e. The Hall–Kier alpha value is -1.08. The predicted octanol–water partition coefficient (Wildman–Crippen LogP) is 3.43. The highest BCUT2D eigenvalue weighted by atomic mass is 28.2. The molecule has 1 atom stereocenters. The van der Waals surface area contributed by atoms with E-state index in [1.807, 2.05) is 6.92 Å². The van der Waals surface area contributed by atoms with E-state index < -0.39 is 15.9 Å². The highest BCUT2D eigenvalue weighted by molar-refractivity contribution is 6.26. The SMILES string of the molecule is CCO[SiH2]CCCNC(=O)OCCC(=O)OC(CC(C)(C)C)C(C)(C)C. The molecule has 0 aliphatic heterocycles.